The van der Waals surface area contributed by atoms with Crippen LogP contribution in [0.3, 0.4) is 0 Å². The Hall–Kier alpha value is -1.93. The number of hydrogen-bond donors (Lipinski definition) is 2. The van der Waals surface area contributed by atoms with E-state index in [-0.39, 0.29) is 28.5 Å². The molecule has 1 aliphatic heterocycles. The number of hydrogen-bond acceptors (Lipinski definition) is 4. The fourth-order valence-electron chi connectivity index (χ4n) is 4.50. The van der Waals surface area contributed by atoms with Gasteiger partial charge in [0, 0.05) is 25.6 Å². The monoisotopic (exact) mass is 449 g/mol. The van der Waals surface area contributed by atoms with Crippen molar-refractivity contribution in [1.29, 1.82) is 0 Å². The van der Waals surface area contributed by atoms with Gasteiger partial charge in [-0.2, -0.15) is 0 Å². The molecule has 8 heteroatoms. The molecule has 0 radical (unpaired) electrons. The Bertz CT molecular complexity index is 828. The van der Waals surface area contributed by atoms with Crippen molar-refractivity contribution in [3.63, 3.8) is 0 Å². The zero-order valence-electron chi connectivity index (χ0n) is 18.4. The molecule has 7 nitrogen and oxygen atoms in total. The molecule has 1 aliphatic carbocycles. The molecule has 2 fully saturated rings. The molecular weight excluding hydrogens is 414 g/mol. The minimum Gasteiger partial charge on any atom is -0.344 e. The lowest BCUT2D eigenvalue weighted by molar-refractivity contribution is -0.137. The third kappa shape index (κ3) is 6.77. The second-order valence-corrected chi connectivity index (χ2v) is 10.6. The lowest BCUT2D eigenvalue weighted by Crippen LogP contribution is -2.49. The quantitative estimate of drug-likeness (QED) is 0.669. The van der Waals surface area contributed by atoms with Gasteiger partial charge in [0.15, 0.2) is 0 Å². The number of carbonyl (C=O) groups is 2. The zero-order valence-corrected chi connectivity index (χ0v) is 19.2. The van der Waals surface area contributed by atoms with Crippen molar-refractivity contribution in [2.24, 2.45) is 11.8 Å². The van der Waals surface area contributed by atoms with Gasteiger partial charge in [-0.3, -0.25) is 9.59 Å². The first kappa shape index (κ1) is 23.7. The highest BCUT2D eigenvalue weighted by molar-refractivity contribution is 7.89. The van der Waals surface area contributed by atoms with Gasteiger partial charge in [0.25, 0.3) is 0 Å². The van der Waals surface area contributed by atoms with Crippen LogP contribution in [0.1, 0.15) is 58.3 Å². The topological polar surface area (TPSA) is 95.6 Å². The van der Waals surface area contributed by atoms with Gasteiger partial charge in [-0.25, -0.2) is 13.1 Å². The number of nitrogens with one attached hydrogen (secondary N) is 2. The second kappa shape index (κ2) is 11.1. The van der Waals surface area contributed by atoms with Crippen molar-refractivity contribution in [1.82, 2.24) is 14.9 Å². The first-order valence-electron chi connectivity index (χ1n) is 11.5. The van der Waals surface area contributed by atoms with E-state index in [4.69, 9.17) is 0 Å². The fraction of sp³-hybridized carbons (Fsp3) is 0.652. The van der Waals surface area contributed by atoms with Gasteiger partial charge in [0.2, 0.25) is 21.8 Å². The Morgan fingerprint density at radius 2 is 1.61 bits per heavy atom. The molecule has 3 rings (SSSR count). The highest BCUT2D eigenvalue weighted by atomic mass is 32.2. The maximum absolute atomic E-state index is 12.7. The predicted octanol–water partition coefficient (Wildman–Crippen LogP) is 2.68. The molecule has 1 aromatic rings. The van der Waals surface area contributed by atoms with Crippen LogP contribution in [0.2, 0.25) is 0 Å². The Morgan fingerprint density at radius 3 is 2.23 bits per heavy atom. The number of likely N-dealkylation sites (tertiary alicyclic amines) is 1. The predicted molar refractivity (Wildman–Crippen MR) is 120 cm³/mol. The summed E-state index contributed by atoms with van der Waals surface area (Å²) in [5.74, 6) is 0.0679. The summed E-state index contributed by atoms with van der Waals surface area (Å²) in [6.07, 6.45) is 7.41. The fourth-order valence-corrected chi connectivity index (χ4v) is 5.63. The van der Waals surface area contributed by atoms with Gasteiger partial charge in [-0.05, 0) is 63.5 Å². The average Bonchev–Trinajstić information content (AvgIpc) is 3.07. The zero-order chi connectivity index (χ0) is 22.3. The lowest BCUT2D eigenvalue weighted by Gasteiger charge is -2.30. The van der Waals surface area contributed by atoms with Crippen LogP contribution < -0.4 is 10.0 Å². The van der Waals surface area contributed by atoms with Crippen molar-refractivity contribution in [3.05, 3.63) is 30.3 Å². The summed E-state index contributed by atoms with van der Waals surface area (Å²) in [5, 5.41) is 2.92. The molecule has 1 heterocycles. The average molecular weight is 450 g/mol. The highest BCUT2D eigenvalue weighted by Crippen LogP contribution is 2.29. The summed E-state index contributed by atoms with van der Waals surface area (Å²) in [6, 6.07) is 7.86. The van der Waals surface area contributed by atoms with E-state index in [2.05, 4.69) is 10.0 Å². The van der Waals surface area contributed by atoms with E-state index in [1.807, 2.05) is 4.90 Å². The molecule has 1 saturated heterocycles. The van der Waals surface area contributed by atoms with Crippen molar-refractivity contribution in [2.45, 2.75) is 69.2 Å². The molecule has 2 amide bonds. The molecule has 2 N–H and O–H groups in total. The SMILES string of the molecule is C[C@H](NC(=O)C1CCC(CNS(=O)(=O)c2ccccc2)CC1)C(=O)N1CCCCCC1. The van der Waals surface area contributed by atoms with E-state index in [1.165, 1.54) is 0 Å². The molecule has 0 unspecified atom stereocenters. The maximum atomic E-state index is 12.7. The molecule has 0 aromatic heterocycles. The third-order valence-corrected chi connectivity index (χ3v) is 7.92. The van der Waals surface area contributed by atoms with E-state index >= 15 is 0 Å². The lowest BCUT2D eigenvalue weighted by atomic mass is 9.81. The number of rotatable bonds is 7. The normalized spacial score (nSPS) is 23.6. The molecule has 1 saturated carbocycles. The Balaban J connectivity index is 1.41. The number of carbonyl (C=O) groups excluding carboxylic acids is 2. The number of nitrogens with zero attached hydrogens (tertiary/aromatic N) is 1. The highest BCUT2D eigenvalue weighted by Gasteiger charge is 2.30. The first-order valence-corrected chi connectivity index (χ1v) is 13.0. The van der Waals surface area contributed by atoms with Gasteiger partial charge in [-0.15, -0.1) is 0 Å². The molecule has 1 atom stereocenters. The molecule has 31 heavy (non-hydrogen) atoms. The standard InChI is InChI=1S/C23H35N3O4S/c1-18(23(28)26-15-7-2-3-8-16-26)25-22(27)20-13-11-19(12-14-20)17-24-31(29,30)21-9-5-4-6-10-21/h4-6,9-10,18-20,24H,2-3,7-8,11-17H2,1H3,(H,25,27)/t18-,19?,20?/m0/s1. The largest absolute Gasteiger partial charge is 0.344 e. The van der Waals surface area contributed by atoms with Crippen LogP contribution in [0, 0.1) is 11.8 Å². The van der Waals surface area contributed by atoms with Gasteiger partial charge < -0.3 is 10.2 Å². The van der Waals surface area contributed by atoms with Crippen LogP contribution >= 0.6 is 0 Å². The third-order valence-electron chi connectivity index (χ3n) is 6.48. The van der Waals surface area contributed by atoms with Crippen LogP contribution in [0.4, 0.5) is 0 Å². The van der Waals surface area contributed by atoms with Gasteiger partial charge in [0.05, 0.1) is 4.90 Å². The van der Waals surface area contributed by atoms with Gasteiger partial charge >= 0.3 is 0 Å². The van der Waals surface area contributed by atoms with Crippen LogP contribution in [0.5, 0.6) is 0 Å². The van der Waals surface area contributed by atoms with Gasteiger partial charge in [-0.1, -0.05) is 31.0 Å². The number of sulfonamides is 1. The van der Waals surface area contributed by atoms with Gasteiger partial charge in [0.1, 0.15) is 6.04 Å². The van der Waals surface area contributed by atoms with E-state index in [0.29, 0.717) is 19.4 Å². The molecule has 1 aromatic carbocycles. The molecule has 2 aliphatic rings. The van der Waals surface area contributed by atoms with Crippen molar-refractivity contribution < 1.29 is 18.0 Å². The summed E-state index contributed by atoms with van der Waals surface area (Å²) >= 11 is 0. The van der Waals surface area contributed by atoms with Crippen molar-refractivity contribution >= 4 is 21.8 Å². The molecule has 0 bridgehead atoms. The van der Waals surface area contributed by atoms with Crippen molar-refractivity contribution in [3.8, 4) is 0 Å². The second-order valence-electron chi connectivity index (χ2n) is 8.85. The molecule has 0 spiro atoms. The van der Waals surface area contributed by atoms with E-state index < -0.39 is 16.1 Å². The Morgan fingerprint density at radius 1 is 1.00 bits per heavy atom. The summed E-state index contributed by atoms with van der Waals surface area (Å²) in [7, 11) is -3.50. The molecular formula is C23H35N3O4S. The maximum Gasteiger partial charge on any atom is 0.244 e. The summed E-state index contributed by atoms with van der Waals surface area (Å²) in [5.41, 5.74) is 0. The van der Waals surface area contributed by atoms with E-state index in [9.17, 15) is 18.0 Å². The minimum absolute atomic E-state index is 0.0132. The summed E-state index contributed by atoms with van der Waals surface area (Å²) in [6.45, 7) is 3.72. The first-order chi connectivity index (χ1) is 14.9. The minimum atomic E-state index is -3.50. The van der Waals surface area contributed by atoms with E-state index in [0.717, 1.165) is 51.6 Å². The number of benzene rings is 1. The van der Waals surface area contributed by atoms with Crippen LogP contribution in [0.15, 0.2) is 35.2 Å². The van der Waals surface area contributed by atoms with Crippen molar-refractivity contribution in [2.75, 3.05) is 19.6 Å². The summed E-state index contributed by atoms with van der Waals surface area (Å²) < 4.78 is 27.4. The van der Waals surface area contributed by atoms with Crippen LogP contribution in [0.25, 0.3) is 0 Å². The Labute approximate surface area is 186 Å². The van der Waals surface area contributed by atoms with Crippen LogP contribution in [-0.4, -0.2) is 50.8 Å². The Kier molecular flexibility index (Phi) is 8.49. The summed E-state index contributed by atoms with van der Waals surface area (Å²) in [4.78, 5) is 27.5. The smallest absolute Gasteiger partial charge is 0.244 e. The van der Waals surface area contributed by atoms with Crippen LogP contribution in [-0.2, 0) is 19.6 Å². The molecule has 172 valence electrons. The number of amides is 2. The van der Waals surface area contributed by atoms with E-state index in [1.54, 1.807) is 37.3 Å².